The van der Waals surface area contributed by atoms with E-state index in [1.165, 1.54) is 18.2 Å². The van der Waals surface area contributed by atoms with Crippen molar-refractivity contribution < 1.29 is 27.9 Å². The highest BCUT2D eigenvalue weighted by molar-refractivity contribution is 6.34. The number of hydrogen-bond donors (Lipinski definition) is 3. The second kappa shape index (κ2) is 9.37. The maximum absolute atomic E-state index is 14.2. The predicted octanol–water partition coefficient (Wildman–Crippen LogP) is 4.68. The van der Waals surface area contributed by atoms with Crippen LogP contribution in [0.1, 0.15) is 46.3 Å². The lowest BCUT2D eigenvalue weighted by atomic mass is 9.86. The van der Waals surface area contributed by atoms with Crippen LogP contribution in [0.2, 0.25) is 10.0 Å². The average molecular weight is 516 g/mol. The molecule has 6 nitrogen and oxygen atoms in total. The van der Waals surface area contributed by atoms with Gasteiger partial charge in [0.2, 0.25) is 0 Å². The maximum Gasteiger partial charge on any atom is 0.435 e. The number of nitrogens with zero attached hydrogens (tertiary/aromatic N) is 1. The monoisotopic (exact) mass is 515 g/mol. The van der Waals surface area contributed by atoms with Crippen LogP contribution in [-0.2, 0) is 10.4 Å². The second-order valence-corrected chi connectivity index (χ2v) is 9.36. The first-order valence-electron chi connectivity index (χ1n) is 10.6. The lowest BCUT2D eigenvalue weighted by molar-refractivity contribution is -0.275. The van der Waals surface area contributed by atoms with Crippen LogP contribution in [0.3, 0.4) is 0 Å². The van der Waals surface area contributed by atoms with Gasteiger partial charge in [0.25, 0.3) is 11.5 Å². The topological polar surface area (TPSA) is 83.0 Å². The third-order valence-corrected chi connectivity index (χ3v) is 6.22. The fraction of sp³-hybridized carbons (Fsp3) is 0.391. The number of carbonyl (C=O) groups is 1. The van der Waals surface area contributed by atoms with Gasteiger partial charge in [-0.2, -0.15) is 13.2 Å². The number of aliphatic hydroxyl groups excluding tert-OH is 1. The minimum Gasteiger partial charge on any atom is -0.377 e. The van der Waals surface area contributed by atoms with Gasteiger partial charge in [0.15, 0.2) is 0 Å². The normalized spacial score (nSPS) is 21.1. The third kappa shape index (κ3) is 5.17. The van der Waals surface area contributed by atoms with Gasteiger partial charge in [-0.15, -0.1) is 0 Å². The van der Waals surface area contributed by atoms with Crippen molar-refractivity contribution >= 4 is 34.8 Å². The molecule has 0 radical (unpaired) electrons. The van der Waals surface area contributed by atoms with Gasteiger partial charge in [-0.05, 0) is 61.2 Å². The number of alkyl halides is 3. The number of halogens is 5. The van der Waals surface area contributed by atoms with E-state index in [0.29, 0.717) is 16.7 Å². The molecule has 0 saturated heterocycles. The summed E-state index contributed by atoms with van der Waals surface area (Å²) in [6.45, 7) is 1.70. The summed E-state index contributed by atoms with van der Waals surface area (Å²) in [6.07, 6.45) is -4.23. The van der Waals surface area contributed by atoms with Gasteiger partial charge in [-0.25, -0.2) is 0 Å². The lowest BCUT2D eigenvalue weighted by Gasteiger charge is -2.29. The number of nitrogens with one attached hydrogen (secondary N) is 2. The van der Waals surface area contributed by atoms with Crippen molar-refractivity contribution in [1.82, 2.24) is 10.6 Å². The summed E-state index contributed by atoms with van der Waals surface area (Å²) in [6, 6.07) is 8.53. The quantitative estimate of drug-likeness (QED) is 0.467. The van der Waals surface area contributed by atoms with E-state index in [2.05, 4.69) is 15.8 Å². The first-order chi connectivity index (χ1) is 16.0. The molecule has 2 aromatic rings. The molecule has 1 aliphatic carbocycles. The van der Waals surface area contributed by atoms with Crippen LogP contribution in [-0.4, -0.2) is 41.7 Å². The van der Waals surface area contributed by atoms with Gasteiger partial charge < -0.3 is 15.3 Å². The fourth-order valence-corrected chi connectivity index (χ4v) is 4.34. The molecule has 2 aromatic carbocycles. The van der Waals surface area contributed by atoms with E-state index in [-0.39, 0.29) is 33.9 Å². The summed E-state index contributed by atoms with van der Waals surface area (Å²) in [7, 11) is 0. The van der Waals surface area contributed by atoms with E-state index in [4.69, 9.17) is 28.0 Å². The molecule has 1 amide bonds. The molecule has 11 heteroatoms. The van der Waals surface area contributed by atoms with Crippen molar-refractivity contribution in [2.45, 2.75) is 50.2 Å². The zero-order valence-electron chi connectivity index (χ0n) is 18.0. The molecule has 1 aliphatic heterocycles. The van der Waals surface area contributed by atoms with Crippen LogP contribution in [0.25, 0.3) is 0 Å². The Hall–Kier alpha value is -2.33. The molecule has 0 bridgehead atoms. The molecule has 2 unspecified atom stereocenters. The molecular formula is C23H22Cl2F3N3O3. The van der Waals surface area contributed by atoms with Crippen LogP contribution in [0, 0.1) is 6.92 Å². The highest BCUT2D eigenvalue weighted by atomic mass is 35.5. The standard InChI is InChI=1S/C23H22Cl2F3N3O3/c1-12-6-13(2-5-18(12)21(33)29-11-20(32)30-17-3-4-17)19-10-22(34-31-19,23(26,27)28)14-7-15(24)9-16(25)8-14/h2,5-9,17,20,30,32H,3-4,10-11H2,1H3,(H,29,33). The number of aryl methyl sites for hydroxylation is 1. The zero-order valence-corrected chi connectivity index (χ0v) is 19.6. The van der Waals surface area contributed by atoms with E-state index in [1.807, 2.05) is 0 Å². The summed E-state index contributed by atoms with van der Waals surface area (Å²) in [5.41, 5.74) is -1.63. The Bertz CT molecular complexity index is 1120. The highest BCUT2D eigenvalue weighted by Gasteiger charge is 2.62. The molecule has 34 heavy (non-hydrogen) atoms. The number of benzene rings is 2. The molecule has 2 aliphatic rings. The Morgan fingerprint density at radius 2 is 1.91 bits per heavy atom. The lowest BCUT2D eigenvalue weighted by Crippen LogP contribution is -2.42. The Morgan fingerprint density at radius 1 is 1.24 bits per heavy atom. The van der Waals surface area contributed by atoms with Gasteiger partial charge in [-0.3, -0.25) is 10.1 Å². The summed E-state index contributed by atoms with van der Waals surface area (Å²) in [5, 5.41) is 19.3. The average Bonchev–Trinajstić information content (AvgIpc) is 3.43. The second-order valence-electron chi connectivity index (χ2n) is 8.49. The smallest absolute Gasteiger partial charge is 0.377 e. The van der Waals surface area contributed by atoms with Gasteiger partial charge >= 0.3 is 6.18 Å². The third-order valence-electron chi connectivity index (χ3n) is 5.78. The molecule has 182 valence electrons. The number of amides is 1. The first kappa shape index (κ1) is 24.8. The van der Waals surface area contributed by atoms with E-state index < -0.39 is 30.3 Å². The summed E-state index contributed by atoms with van der Waals surface area (Å²) < 4.78 is 42.5. The fourth-order valence-electron chi connectivity index (χ4n) is 3.81. The van der Waals surface area contributed by atoms with Crippen molar-refractivity contribution in [3.8, 4) is 0 Å². The molecule has 4 rings (SSSR count). The number of carbonyl (C=O) groups excluding carboxylic acids is 1. The zero-order chi connectivity index (χ0) is 24.7. The number of oxime groups is 1. The molecular weight excluding hydrogens is 494 g/mol. The van der Waals surface area contributed by atoms with E-state index in [0.717, 1.165) is 25.0 Å². The number of hydrogen-bond acceptors (Lipinski definition) is 5. The van der Waals surface area contributed by atoms with Crippen molar-refractivity contribution in [3.63, 3.8) is 0 Å². The maximum atomic E-state index is 14.2. The van der Waals surface area contributed by atoms with E-state index >= 15 is 0 Å². The van der Waals surface area contributed by atoms with Crippen LogP contribution in [0.5, 0.6) is 0 Å². The Labute approximate surface area is 204 Å². The van der Waals surface area contributed by atoms with E-state index in [9.17, 15) is 23.1 Å². The predicted molar refractivity (Wildman–Crippen MR) is 122 cm³/mol. The molecule has 1 fully saturated rings. The summed E-state index contributed by atoms with van der Waals surface area (Å²) in [5.74, 6) is -0.400. The highest BCUT2D eigenvalue weighted by Crippen LogP contribution is 2.49. The van der Waals surface area contributed by atoms with Crippen molar-refractivity contribution in [2.24, 2.45) is 5.16 Å². The van der Waals surface area contributed by atoms with Crippen molar-refractivity contribution in [2.75, 3.05) is 6.54 Å². The molecule has 0 spiro atoms. The van der Waals surface area contributed by atoms with Crippen LogP contribution in [0.4, 0.5) is 13.2 Å². The largest absolute Gasteiger partial charge is 0.435 e. The van der Waals surface area contributed by atoms with Gasteiger partial charge in [-0.1, -0.05) is 34.4 Å². The number of aliphatic hydroxyl groups is 1. The minimum atomic E-state index is -4.80. The summed E-state index contributed by atoms with van der Waals surface area (Å²) >= 11 is 11.9. The van der Waals surface area contributed by atoms with Crippen LogP contribution in [0.15, 0.2) is 41.6 Å². The number of rotatable bonds is 7. The molecule has 2 atom stereocenters. The first-order valence-corrected chi connectivity index (χ1v) is 11.4. The van der Waals surface area contributed by atoms with Crippen LogP contribution < -0.4 is 10.6 Å². The SMILES string of the molecule is Cc1cc(C2=NOC(c3cc(Cl)cc(Cl)c3)(C(F)(F)F)C2)ccc1C(=O)NCC(O)NC1CC1. The van der Waals surface area contributed by atoms with Gasteiger partial charge in [0.05, 0.1) is 12.3 Å². The molecule has 3 N–H and O–H groups in total. The molecule has 0 aromatic heterocycles. The van der Waals surface area contributed by atoms with Crippen molar-refractivity contribution in [3.05, 3.63) is 68.7 Å². The van der Waals surface area contributed by atoms with E-state index in [1.54, 1.807) is 13.0 Å². The Morgan fingerprint density at radius 3 is 2.50 bits per heavy atom. The van der Waals surface area contributed by atoms with Gasteiger partial charge in [0.1, 0.15) is 6.23 Å². The van der Waals surface area contributed by atoms with Crippen LogP contribution >= 0.6 is 23.2 Å². The Balaban J connectivity index is 1.51. The van der Waals surface area contributed by atoms with Gasteiger partial charge in [0, 0.05) is 33.6 Å². The Kier molecular flexibility index (Phi) is 6.83. The molecule has 1 saturated carbocycles. The minimum absolute atomic E-state index is 0.0351. The molecule has 1 heterocycles. The van der Waals surface area contributed by atoms with Crippen molar-refractivity contribution in [1.29, 1.82) is 0 Å². The summed E-state index contributed by atoms with van der Waals surface area (Å²) in [4.78, 5) is 17.5.